The Hall–Kier alpha value is -2.91. The third-order valence-electron chi connectivity index (χ3n) is 2.49. The van der Waals surface area contributed by atoms with Gasteiger partial charge in [0.1, 0.15) is 0 Å². The number of rotatable bonds is 7. The van der Waals surface area contributed by atoms with E-state index in [1.165, 1.54) is 6.07 Å². The van der Waals surface area contributed by atoms with Crippen LogP contribution in [0.5, 0.6) is 0 Å². The Balaban J connectivity index is 2.38. The van der Waals surface area contributed by atoms with E-state index in [4.69, 9.17) is 10.5 Å². The van der Waals surface area contributed by atoms with Gasteiger partial charge in [-0.15, -0.1) is 0 Å². The minimum atomic E-state index is -0.736. The fraction of sp³-hybridized carbons (Fsp3) is 0.417. The number of ether oxygens (including phenoxy) is 1. The summed E-state index contributed by atoms with van der Waals surface area (Å²) in [6, 6.07) is 1.97. The molecule has 22 heavy (non-hydrogen) atoms. The number of esters is 1. The topological polar surface area (TPSA) is 149 Å². The number of hydrogen-bond acceptors (Lipinski definition) is 7. The maximum absolute atomic E-state index is 11.7. The second kappa shape index (κ2) is 8.39. The predicted molar refractivity (Wildman–Crippen MR) is 77.3 cm³/mol. The number of nitrogens with zero attached hydrogens (tertiary/aromatic N) is 2. The van der Waals surface area contributed by atoms with Gasteiger partial charge in [-0.2, -0.15) is 0 Å². The van der Waals surface area contributed by atoms with Crippen molar-refractivity contribution in [2.75, 3.05) is 25.4 Å². The minimum absolute atomic E-state index is 0.0732. The van der Waals surface area contributed by atoms with Gasteiger partial charge in [0.15, 0.2) is 5.69 Å². The summed E-state index contributed by atoms with van der Waals surface area (Å²) in [6.45, 7) is 2.73. The first-order chi connectivity index (χ1) is 10.5. The molecule has 0 fully saturated rings. The summed E-state index contributed by atoms with van der Waals surface area (Å²) >= 11 is 0. The number of hydrogen-bond donors (Lipinski definition) is 3. The van der Waals surface area contributed by atoms with E-state index in [0.29, 0.717) is 19.5 Å². The molecule has 10 nitrogen and oxygen atoms in total. The summed E-state index contributed by atoms with van der Waals surface area (Å²) in [4.78, 5) is 36.3. The van der Waals surface area contributed by atoms with E-state index in [2.05, 4.69) is 15.6 Å². The number of carbonyl (C=O) groups is 2. The molecule has 0 saturated carbocycles. The third kappa shape index (κ3) is 5.23. The van der Waals surface area contributed by atoms with Gasteiger partial charge >= 0.3 is 17.7 Å². The van der Waals surface area contributed by atoms with Crippen molar-refractivity contribution in [3.63, 3.8) is 0 Å². The maximum atomic E-state index is 11.7. The zero-order chi connectivity index (χ0) is 16.5. The standard InChI is InChI=1S/C12H17N5O5/c1-2-14-12(19)15-6-3-7-22-11(18)8-4-5-9(17(20)21)10(13)16-8/h4-5H,2-3,6-7H2,1H3,(H2,13,16)(H2,14,15,19). The van der Waals surface area contributed by atoms with E-state index in [1.54, 1.807) is 6.92 Å². The number of carbonyl (C=O) groups excluding carboxylic acids is 2. The van der Waals surface area contributed by atoms with Gasteiger partial charge in [0.25, 0.3) is 0 Å². The molecule has 0 aliphatic heterocycles. The van der Waals surface area contributed by atoms with Gasteiger partial charge in [0.05, 0.1) is 11.5 Å². The van der Waals surface area contributed by atoms with E-state index in [1.807, 2.05) is 0 Å². The third-order valence-corrected chi connectivity index (χ3v) is 2.49. The van der Waals surface area contributed by atoms with Crippen LogP contribution in [0.25, 0.3) is 0 Å². The van der Waals surface area contributed by atoms with Gasteiger partial charge in [0.2, 0.25) is 5.82 Å². The normalized spacial score (nSPS) is 9.86. The maximum Gasteiger partial charge on any atom is 0.357 e. The van der Waals surface area contributed by atoms with Crippen LogP contribution >= 0.6 is 0 Å². The zero-order valence-corrected chi connectivity index (χ0v) is 12.0. The highest BCUT2D eigenvalue weighted by Crippen LogP contribution is 2.18. The number of pyridine rings is 1. The van der Waals surface area contributed by atoms with E-state index in [-0.39, 0.29) is 29.8 Å². The molecule has 1 rings (SSSR count). The Kier molecular flexibility index (Phi) is 6.54. The van der Waals surface area contributed by atoms with Crippen molar-refractivity contribution < 1.29 is 19.2 Å². The van der Waals surface area contributed by atoms with Crippen LogP contribution in [0.15, 0.2) is 12.1 Å². The molecule has 10 heteroatoms. The van der Waals surface area contributed by atoms with E-state index >= 15 is 0 Å². The number of amides is 2. The molecule has 0 aliphatic carbocycles. The molecule has 4 N–H and O–H groups in total. The lowest BCUT2D eigenvalue weighted by Gasteiger charge is -2.07. The van der Waals surface area contributed by atoms with E-state index in [9.17, 15) is 19.7 Å². The lowest BCUT2D eigenvalue weighted by molar-refractivity contribution is -0.384. The molecule has 0 aliphatic rings. The van der Waals surface area contributed by atoms with Crippen LogP contribution in [0.2, 0.25) is 0 Å². The Morgan fingerprint density at radius 3 is 2.73 bits per heavy atom. The zero-order valence-electron chi connectivity index (χ0n) is 12.0. The largest absolute Gasteiger partial charge is 0.461 e. The molecule has 2 amide bonds. The van der Waals surface area contributed by atoms with Crippen LogP contribution in [0.3, 0.4) is 0 Å². The van der Waals surface area contributed by atoms with E-state index in [0.717, 1.165) is 6.07 Å². The van der Waals surface area contributed by atoms with Gasteiger partial charge in [-0.1, -0.05) is 0 Å². The Morgan fingerprint density at radius 2 is 2.14 bits per heavy atom. The summed E-state index contributed by atoms with van der Waals surface area (Å²) in [7, 11) is 0. The lowest BCUT2D eigenvalue weighted by atomic mass is 10.3. The van der Waals surface area contributed by atoms with Crippen LogP contribution in [0, 0.1) is 10.1 Å². The highest BCUT2D eigenvalue weighted by molar-refractivity contribution is 5.88. The van der Waals surface area contributed by atoms with Gasteiger partial charge in [-0.3, -0.25) is 10.1 Å². The summed E-state index contributed by atoms with van der Waals surface area (Å²) in [5, 5.41) is 15.7. The quantitative estimate of drug-likeness (QED) is 0.286. The first kappa shape index (κ1) is 17.1. The fourth-order valence-corrected chi connectivity index (χ4v) is 1.47. The molecule has 120 valence electrons. The molecule has 0 aromatic carbocycles. The first-order valence-electron chi connectivity index (χ1n) is 6.55. The number of aromatic nitrogens is 1. The van der Waals surface area contributed by atoms with Crippen LogP contribution in [-0.2, 0) is 4.74 Å². The smallest absolute Gasteiger partial charge is 0.357 e. The molecule has 1 aromatic heterocycles. The average Bonchev–Trinajstić information content (AvgIpc) is 2.46. The van der Waals surface area contributed by atoms with Crippen molar-refractivity contribution in [3.8, 4) is 0 Å². The minimum Gasteiger partial charge on any atom is -0.461 e. The highest BCUT2D eigenvalue weighted by Gasteiger charge is 2.17. The number of anilines is 1. The van der Waals surface area contributed by atoms with Crippen LogP contribution in [-0.4, -0.2) is 41.6 Å². The molecule has 0 bridgehead atoms. The Bertz CT molecular complexity index is 563. The lowest BCUT2D eigenvalue weighted by Crippen LogP contribution is -2.36. The highest BCUT2D eigenvalue weighted by atomic mass is 16.6. The number of nitrogens with two attached hydrogens (primary N) is 1. The molecule has 0 atom stereocenters. The van der Waals surface area contributed by atoms with Crippen molar-refractivity contribution in [3.05, 3.63) is 27.9 Å². The number of nitrogen functional groups attached to an aromatic ring is 1. The summed E-state index contributed by atoms with van der Waals surface area (Å²) in [5.41, 5.74) is 4.90. The molecule has 0 spiro atoms. The summed E-state index contributed by atoms with van der Waals surface area (Å²) in [5.74, 6) is -1.09. The van der Waals surface area contributed by atoms with Gasteiger partial charge in [-0.25, -0.2) is 14.6 Å². The molecule has 0 radical (unpaired) electrons. The fourth-order valence-electron chi connectivity index (χ4n) is 1.47. The van der Waals surface area contributed by atoms with E-state index < -0.39 is 10.9 Å². The van der Waals surface area contributed by atoms with Crippen molar-refractivity contribution in [2.24, 2.45) is 0 Å². The number of nitro groups is 1. The average molecular weight is 311 g/mol. The molecule has 1 aromatic rings. The van der Waals surface area contributed by atoms with Gasteiger partial charge in [0, 0.05) is 19.2 Å². The Labute approximate surface area is 126 Å². The second-order valence-electron chi connectivity index (χ2n) is 4.13. The summed E-state index contributed by atoms with van der Waals surface area (Å²) < 4.78 is 4.93. The molecular formula is C12H17N5O5. The molecular weight excluding hydrogens is 294 g/mol. The van der Waals surface area contributed by atoms with Crippen molar-refractivity contribution in [1.29, 1.82) is 0 Å². The Morgan fingerprint density at radius 1 is 1.41 bits per heavy atom. The van der Waals surface area contributed by atoms with Crippen LogP contribution < -0.4 is 16.4 Å². The number of urea groups is 1. The van der Waals surface area contributed by atoms with Gasteiger partial charge in [-0.05, 0) is 19.4 Å². The van der Waals surface area contributed by atoms with Crippen molar-refractivity contribution in [2.45, 2.75) is 13.3 Å². The van der Waals surface area contributed by atoms with Gasteiger partial charge < -0.3 is 21.1 Å². The predicted octanol–water partition coefficient (Wildman–Crippen LogP) is 0.438. The monoisotopic (exact) mass is 311 g/mol. The SMILES string of the molecule is CCNC(=O)NCCCOC(=O)c1ccc([N+](=O)[O-])c(N)n1. The second-order valence-corrected chi connectivity index (χ2v) is 4.13. The summed E-state index contributed by atoms with van der Waals surface area (Å²) in [6.07, 6.45) is 0.422. The van der Waals surface area contributed by atoms with Crippen LogP contribution in [0.1, 0.15) is 23.8 Å². The molecule has 1 heterocycles. The molecule has 0 saturated heterocycles. The first-order valence-corrected chi connectivity index (χ1v) is 6.55. The van der Waals surface area contributed by atoms with Crippen molar-refractivity contribution >= 4 is 23.5 Å². The molecule has 0 unspecified atom stereocenters. The van der Waals surface area contributed by atoms with Crippen LogP contribution in [0.4, 0.5) is 16.3 Å². The number of nitrogens with one attached hydrogen (secondary N) is 2. The van der Waals surface area contributed by atoms with Crippen molar-refractivity contribution in [1.82, 2.24) is 15.6 Å².